The molecular formula is C19H17N3O5S. The molecule has 0 bridgehead atoms. The van der Waals surface area contributed by atoms with E-state index in [1.807, 2.05) is 0 Å². The van der Waals surface area contributed by atoms with Gasteiger partial charge in [-0.25, -0.2) is 9.78 Å². The van der Waals surface area contributed by atoms with Crippen LogP contribution in [0.25, 0.3) is 0 Å². The molecule has 2 heterocycles. The maximum atomic E-state index is 12.6. The Kier molecular flexibility index (Phi) is 6.18. The summed E-state index contributed by atoms with van der Waals surface area (Å²) in [6, 6.07) is 10.8. The first-order valence-electron chi connectivity index (χ1n) is 8.31. The SMILES string of the molecule is CC(=O)Nc1nc(COC(=O)C(NC(=O)c2ccco2)c2ccccc2)cs1. The molecule has 2 N–H and O–H groups in total. The van der Waals surface area contributed by atoms with Gasteiger partial charge in [0, 0.05) is 12.3 Å². The van der Waals surface area contributed by atoms with Crippen molar-refractivity contribution in [2.45, 2.75) is 19.6 Å². The molecule has 0 spiro atoms. The Bertz CT molecular complexity index is 953. The van der Waals surface area contributed by atoms with Crippen LogP contribution in [0.1, 0.15) is 34.8 Å². The molecule has 0 radical (unpaired) electrons. The highest BCUT2D eigenvalue weighted by molar-refractivity contribution is 7.13. The summed E-state index contributed by atoms with van der Waals surface area (Å²) in [6.07, 6.45) is 1.37. The standard InChI is InChI=1S/C19H17N3O5S/c1-12(23)20-19-21-14(11-28-19)10-27-18(25)16(13-6-3-2-4-7-13)22-17(24)15-8-5-9-26-15/h2-9,11,16H,10H2,1H3,(H,22,24)(H,20,21,23). The Morgan fingerprint density at radius 3 is 2.64 bits per heavy atom. The van der Waals surface area contributed by atoms with Gasteiger partial charge in [0.05, 0.1) is 12.0 Å². The van der Waals surface area contributed by atoms with Gasteiger partial charge < -0.3 is 19.8 Å². The van der Waals surface area contributed by atoms with Gasteiger partial charge in [0.15, 0.2) is 16.9 Å². The smallest absolute Gasteiger partial charge is 0.333 e. The number of benzene rings is 1. The number of amides is 2. The number of nitrogens with zero attached hydrogens (tertiary/aromatic N) is 1. The molecular weight excluding hydrogens is 382 g/mol. The van der Waals surface area contributed by atoms with E-state index in [9.17, 15) is 14.4 Å². The molecule has 2 amide bonds. The van der Waals surface area contributed by atoms with Crippen LogP contribution in [0.5, 0.6) is 0 Å². The number of aromatic nitrogens is 1. The number of carbonyl (C=O) groups excluding carboxylic acids is 3. The molecule has 0 aliphatic heterocycles. The minimum absolute atomic E-state index is 0.0884. The summed E-state index contributed by atoms with van der Waals surface area (Å²) in [7, 11) is 0. The normalized spacial score (nSPS) is 11.5. The lowest BCUT2D eigenvalue weighted by molar-refractivity contribution is -0.147. The van der Waals surface area contributed by atoms with E-state index in [0.29, 0.717) is 16.4 Å². The number of esters is 1. The molecule has 1 unspecified atom stereocenters. The van der Waals surface area contributed by atoms with Gasteiger partial charge in [-0.3, -0.25) is 9.59 Å². The number of carbonyl (C=O) groups is 3. The second-order valence-electron chi connectivity index (χ2n) is 5.73. The second-order valence-corrected chi connectivity index (χ2v) is 6.59. The second kappa shape index (κ2) is 8.96. The summed E-state index contributed by atoms with van der Waals surface area (Å²) in [5, 5.41) is 7.28. The van der Waals surface area contributed by atoms with Crippen molar-refractivity contribution in [2.24, 2.45) is 0 Å². The molecule has 9 heteroatoms. The van der Waals surface area contributed by atoms with Gasteiger partial charge in [0.1, 0.15) is 6.61 Å². The van der Waals surface area contributed by atoms with Crippen LogP contribution in [0.3, 0.4) is 0 Å². The monoisotopic (exact) mass is 399 g/mol. The Labute approximate surface area is 164 Å². The number of nitrogens with one attached hydrogen (secondary N) is 2. The molecule has 2 aromatic heterocycles. The zero-order valence-electron chi connectivity index (χ0n) is 14.9. The Balaban J connectivity index is 1.69. The van der Waals surface area contributed by atoms with Crippen molar-refractivity contribution in [3.05, 3.63) is 71.1 Å². The van der Waals surface area contributed by atoms with Crippen LogP contribution >= 0.6 is 11.3 Å². The van der Waals surface area contributed by atoms with E-state index in [0.717, 1.165) is 0 Å². The molecule has 144 valence electrons. The highest BCUT2D eigenvalue weighted by Gasteiger charge is 2.26. The third-order valence-electron chi connectivity index (χ3n) is 3.59. The van der Waals surface area contributed by atoms with Crippen LogP contribution in [0.15, 0.2) is 58.5 Å². The Hall–Kier alpha value is -3.46. The van der Waals surface area contributed by atoms with Gasteiger partial charge in [-0.2, -0.15) is 0 Å². The van der Waals surface area contributed by atoms with Crippen LogP contribution in [-0.2, 0) is 20.9 Å². The van der Waals surface area contributed by atoms with Crippen molar-refractivity contribution >= 4 is 34.3 Å². The highest BCUT2D eigenvalue weighted by Crippen LogP contribution is 2.19. The minimum atomic E-state index is -1.01. The first-order chi connectivity index (χ1) is 13.5. The van der Waals surface area contributed by atoms with Crippen LogP contribution in [0.2, 0.25) is 0 Å². The summed E-state index contributed by atoms with van der Waals surface area (Å²) in [5.74, 6) is -1.31. The lowest BCUT2D eigenvalue weighted by Gasteiger charge is -2.17. The van der Waals surface area contributed by atoms with E-state index < -0.39 is 17.9 Å². The quantitative estimate of drug-likeness (QED) is 0.591. The van der Waals surface area contributed by atoms with Gasteiger partial charge in [-0.05, 0) is 17.7 Å². The molecule has 0 aliphatic carbocycles. The summed E-state index contributed by atoms with van der Waals surface area (Å²) >= 11 is 1.23. The van der Waals surface area contributed by atoms with E-state index in [4.69, 9.17) is 9.15 Å². The van der Waals surface area contributed by atoms with Gasteiger partial charge in [-0.15, -0.1) is 11.3 Å². The topological polar surface area (TPSA) is 111 Å². The maximum Gasteiger partial charge on any atom is 0.333 e. The van der Waals surface area contributed by atoms with Crippen molar-refractivity contribution in [1.29, 1.82) is 0 Å². The molecule has 28 heavy (non-hydrogen) atoms. The third kappa shape index (κ3) is 5.04. The van der Waals surface area contributed by atoms with E-state index in [2.05, 4.69) is 15.6 Å². The first kappa shape index (κ1) is 19.3. The molecule has 1 aromatic carbocycles. The molecule has 0 fully saturated rings. The van der Waals surface area contributed by atoms with Gasteiger partial charge in [-0.1, -0.05) is 30.3 Å². The van der Waals surface area contributed by atoms with Gasteiger partial charge >= 0.3 is 5.97 Å². The maximum absolute atomic E-state index is 12.6. The van der Waals surface area contributed by atoms with E-state index >= 15 is 0 Å². The largest absolute Gasteiger partial charge is 0.459 e. The molecule has 1 atom stereocenters. The molecule has 3 aromatic rings. The number of furan rings is 1. The molecule has 0 saturated heterocycles. The predicted molar refractivity (Wildman–Crippen MR) is 102 cm³/mol. The van der Waals surface area contributed by atoms with Gasteiger partial charge in [0.2, 0.25) is 5.91 Å². The average Bonchev–Trinajstić information content (AvgIpc) is 3.36. The van der Waals surface area contributed by atoms with Gasteiger partial charge in [0.25, 0.3) is 5.91 Å². The first-order valence-corrected chi connectivity index (χ1v) is 9.19. The summed E-state index contributed by atoms with van der Waals surface area (Å²) in [4.78, 5) is 40.2. The third-order valence-corrected chi connectivity index (χ3v) is 4.39. The van der Waals surface area contributed by atoms with Crippen molar-refractivity contribution in [1.82, 2.24) is 10.3 Å². The number of hydrogen-bond acceptors (Lipinski definition) is 7. The number of ether oxygens (including phenoxy) is 1. The lowest BCUT2D eigenvalue weighted by atomic mass is 10.1. The van der Waals surface area contributed by atoms with E-state index in [1.54, 1.807) is 41.8 Å². The molecule has 0 aliphatic rings. The van der Waals surface area contributed by atoms with Crippen LogP contribution in [-0.4, -0.2) is 22.8 Å². The highest BCUT2D eigenvalue weighted by atomic mass is 32.1. The lowest BCUT2D eigenvalue weighted by Crippen LogP contribution is -2.34. The zero-order valence-corrected chi connectivity index (χ0v) is 15.7. The fourth-order valence-electron chi connectivity index (χ4n) is 2.34. The Morgan fingerprint density at radius 2 is 1.96 bits per heavy atom. The van der Waals surface area contributed by atoms with Crippen LogP contribution in [0, 0.1) is 0 Å². The van der Waals surface area contributed by atoms with E-state index in [1.165, 1.54) is 30.6 Å². The fraction of sp³-hybridized carbons (Fsp3) is 0.158. The number of hydrogen-bond donors (Lipinski definition) is 2. The van der Waals surface area contributed by atoms with Crippen molar-refractivity contribution < 1.29 is 23.5 Å². The van der Waals surface area contributed by atoms with Crippen LogP contribution in [0.4, 0.5) is 5.13 Å². The summed E-state index contributed by atoms with van der Waals surface area (Å²) < 4.78 is 10.4. The van der Waals surface area contributed by atoms with Crippen LogP contribution < -0.4 is 10.6 Å². The van der Waals surface area contributed by atoms with Crippen molar-refractivity contribution in [3.8, 4) is 0 Å². The van der Waals surface area contributed by atoms with Crippen molar-refractivity contribution in [2.75, 3.05) is 5.32 Å². The summed E-state index contributed by atoms with van der Waals surface area (Å²) in [6.45, 7) is 1.29. The fourth-order valence-corrected chi connectivity index (χ4v) is 3.08. The van der Waals surface area contributed by atoms with Crippen molar-refractivity contribution in [3.63, 3.8) is 0 Å². The minimum Gasteiger partial charge on any atom is -0.459 e. The Morgan fingerprint density at radius 1 is 1.18 bits per heavy atom. The summed E-state index contributed by atoms with van der Waals surface area (Å²) in [5.41, 5.74) is 1.07. The number of anilines is 1. The molecule has 8 nitrogen and oxygen atoms in total. The average molecular weight is 399 g/mol. The number of rotatable bonds is 7. The molecule has 3 rings (SSSR count). The number of thiazole rings is 1. The van der Waals surface area contributed by atoms with E-state index in [-0.39, 0.29) is 18.3 Å². The zero-order chi connectivity index (χ0) is 19.9. The molecule has 0 saturated carbocycles. The predicted octanol–water partition coefficient (Wildman–Crippen LogP) is 2.91.